The van der Waals surface area contributed by atoms with Crippen molar-refractivity contribution in [2.75, 3.05) is 20.7 Å². The van der Waals surface area contributed by atoms with Crippen molar-refractivity contribution in [3.63, 3.8) is 0 Å². The number of hydrogen-bond donors (Lipinski definition) is 0. The predicted octanol–water partition coefficient (Wildman–Crippen LogP) is 1.21. The molecule has 1 aliphatic rings. The van der Waals surface area contributed by atoms with Crippen LogP contribution in [0.4, 0.5) is 0 Å². The van der Waals surface area contributed by atoms with Crippen LogP contribution in [0.3, 0.4) is 0 Å². The van der Waals surface area contributed by atoms with Crippen LogP contribution in [-0.2, 0) is 21.4 Å². The molecule has 0 bridgehead atoms. The number of aromatic nitrogens is 1. The Balaban J connectivity index is 2.37. The van der Waals surface area contributed by atoms with Gasteiger partial charge in [0.15, 0.2) is 5.11 Å². The summed E-state index contributed by atoms with van der Waals surface area (Å²) in [5, 5.41) is 0.298. The molecule has 0 aromatic carbocycles. The summed E-state index contributed by atoms with van der Waals surface area (Å²) in [7, 11) is 4.97. The van der Waals surface area contributed by atoms with Crippen molar-refractivity contribution >= 4 is 35.3 Å². The highest BCUT2D eigenvalue weighted by molar-refractivity contribution is 7.80. The summed E-state index contributed by atoms with van der Waals surface area (Å²) in [5.74, 6) is -0.795. The molecule has 1 amide bonds. The number of likely N-dealkylation sites (N-methyl/N-ethyl adjacent to an activating group) is 1. The number of rotatable bonds is 3. The molecular weight excluding hydrogens is 302 g/mol. The lowest BCUT2D eigenvalue weighted by atomic mass is 10.2. The summed E-state index contributed by atoms with van der Waals surface area (Å²) in [4.78, 5) is 26.8. The highest BCUT2D eigenvalue weighted by atomic mass is 32.1. The zero-order valence-electron chi connectivity index (χ0n) is 13.3. The van der Waals surface area contributed by atoms with E-state index in [-0.39, 0.29) is 12.5 Å². The van der Waals surface area contributed by atoms with Crippen molar-refractivity contribution in [2.45, 2.75) is 13.8 Å². The maximum atomic E-state index is 12.5. The molecule has 1 aliphatic heterocycles. The molecule has 1 fully saturated rings. The minimum atomic E-state index is -0.503. The van der Waals surface area contributed by atoms with E-state index in [4.69, 9.17) is 12.2 Å². The van der Waals surface area contributed by atoms with Crippen LogP contribution in [0.1, 0.15) is 17.0 Å². The molecule has 0 unspecified atom stereocenters. The summed E-state index contributed by atoms with van der Waals surface area (Å²) < 4.78 is 6.65. The molecule has 1 aromatic rings. The van der Waals surface area contributed by atoms with E-state index in [2.05, 4.69) is 9.30 Å². The summed E-state index contributed by atoms with van der Waals surface area (Å²) in [6.45, 7) is 3.81. The van der Waals surface area contributed by atoms with Crippen LogP contribution < -0.4 is 0 Å². The second-order valence-corrected chi connectivity index (χ2v) is 5.59. The van der Waals surface area contributed by atoms with E-state index >= 15 is 0 Å². The molecule has 1 saturated heterocycles. The number of carbonyl (C=O) groups excluding carboxylic acids is 2. The molecular formula is C15H19N3O3S. The second-order valence-electron chi connectivity index (χ2n) is 5.22. The summed E-state index contributed by atoms with van der Waals surface area (Å²) in [6.07, 6.45) is 1.80. The lowest BCUT2D eigenvalue weighted by Crippen LogP contribution is -2.36. The highest BCUT2D eigenvalue weighted by Gasteiger charge is 2.37. The number of hydrogen-bond acceptors (Lipinski definition) is 4. The van der Waals surface area contributed by atoms with E-state index < -0.39 is 5.97 Å². The fourth-order valence-corrected chi connectivity index (χ4v) is 2.57. The predicted molar refractivity (Wildman–Crippen MR) is 87.0 cm³/mol. The van der Waals surface area contributed by atoms with Crippen LogP contribution in [0.2, 0.25) is 0 Å². The first-order chi connectivity index (χ1) is 10.3. The third kappa shape index (κ3) is 2.64. The number of nitrogens with zero attached hydrogens (tertiary/aromatic N) is 3. The van der Waals surface area contributed by atoms with Gasteiger partial charge in [-0.15, -0.1) is 0 Å². The van der Waals surface area contributed by atoms with Crippen molar-refractivity contribution in [3.8, 4) is 0 Å². The Kier molecular flexibility index (Phi) is 4.37. The van der Waals surface area contributed by atoms with E-state index in [1.165, 1.54) is 12.0 Å². The van der Waals surface area contributed by atoms with Gasteiger partial charge in [-0.25, -0.2) is 0 Å². The number of methoxy groups -OCH3 is 1. The summed E-state index contributed by atoms with van der Waals surface area (Å²) in [6, 6.07) is 2.01. The van der Waals surface area contributed by atoms with Crippen molar-refractivity contribution in [1.82, 2.24) is 14.4 Å². The Morgan fingerprint density at radius 2 is 2.00 bits per heavy atom. The van der Waals surface area contributed by atoms with Crippen LogP contribution in [0, 0.1) is 13.8 Å². The maximum absolute atomic E-state index is 12.5. The first-order valence-corrected chi connectivity index (χ1v) is 7.19. The van der Waals surface area contributed by atoms with Gasteiger partial charge in [0.1, 0.15) is 12.2 Å². The molecule has 7 heteroatoms. The maximum Gasteiger partial charge on any atom is 0.325 e. The minimum absolute atomic E-state index is 0.178. The lowest BCUT2D eigenvalue weighted by molar-refractivity contribution is -0.143. The molecule has 118 valence electrons. The summed E-state index contributed by atoms with van der Waals surface area (Å²) in [5.41, 5.74) is 3.57. The normalized spacial score (nSPS) is 16.9. The Labute approximate surface area is 134 Å². The van der Waals surface area contributed by atoms with Gasteiger partial charge in [0.05, 0.1) is 7.11 Å². The highest BCUT2D eigenvalue weighted by Crippen LogP contribution is 2.24. The Hall–Kier alpha value is -2.15. The average molecular weight is 321 g/mol. The first kappa shape index (κ1) is 16.2. The van der Waals surface area contributed by atoms with Crippen LogP contribution in [0.15, 0.2) is 11.8 Å². The standard InChI is InChI=1S/C15H19N3O3S/c1-9-6-11(10(2)16(9)3)7-12-14(20)18(8-13(19)21-5)15(22)17(12)4/h6-7H,8H2,1-5H3/b12-7-. The SMILES string of the molecule is COC(=O)CN1C(=O)/C(=C/c2cc(C)n(C)c2C)N(C)C1=S. The quantitative estimate of drug-likeness (QED) is 0.476. The van der Waals surface area contributed by atoms with E-state index in [0.717, 1.165) is 17.0 Å². The van der Waals surface area contributed by atoms with Gasteiger partial charge in [-0.1, -0.05) is 0 Å². The van der Waals surface area contributed by atoms with Gasteiger partial charge in [-0.2, -0.15) is 0 Å². The number of thiocarbonyl (C=S) groups is 1. The largest absolute Gasteiger partial charge is 0.468 e. The van der Waals surface area contributed by atoms with Crippen LogP contribution >= 0.6 is 12.2 Å². The zero-order chi connectivity index (χ0) is 16.6. The summed E-state index contributed by atoms with van der Waals surface area (Å²) >= 11 is 5.24. The van der Waals surface area contributed by atoms with Gasteiger partial charge in [-0.05, 0) is 43.8 Å². The number of ether oxygens (including phenoxy) is 1. The zero-order valence-corrected chi connectivity index (χ0v) is 14.2. The molecule has 0 saturated carbocycles. The van der Waals surface area contributed by atoms with E-state index in [9.17, 15) is 9.59 Å². The van der Waals surface area contributed by atoms with Crippen molar-refractivity contribution in [2.24, 2.45) is 7.05 Å². The molecule has 22 heavy (non-hydrogen) atoms. The van der Waals surface area contributed by atoms with Gasteiger partial charge < -0.3 is 14.2 Å². The Morgan fingerprint density at radius 3 is 2.50 bits per heavy atom. The molecule has 0 radical (unpaired) electrons. The fourth-order valence-electron chi connectivity index (χ4n) is 2.32. The molecule has 0 aliphatic carbocycles. The van der Waals surface area contributed by atoms with E-state index in [0.29, 0.717) is 10.8 Å². The third-order valence-corrected chi connectivity index (χ3v) is 4.46. The molecule has 2 heterocycles. The average Bonchev–Trinajstić information content (AvgIpc) is 2.84. The van der Waals surface area contributed by atoms with Crippen LogP contribution in [0.5, 0.6) is 0 Å². The van der Waals surface area contributed by atoms with Crippen molar-refractivity contribution in [1.29, 1.82) is 0 Å². The number of aryl methyl sites for hydroxylation is 1. The lowest BCUT2D eigenvalue weighted by Gasteiger charge is -2.14. The number of carbonyl (C=O) groups is 2. The number of esters is 1. The fraction of sp³-hybridized carbons (Fsp3) is 0.400. The molecule has 2 rings (SSSR count). The molecule has 1 aromatic heterocycles. The van der Waals surface area contributed by atoms with Gasteiger partial charge >= 0.3 is 5.97 Å². The van der Waals surface area contributed by atoms with Gasteiger partial charge in [0.2, 0.25) is 0 Å². The first-order valence-electron chi connectivity index (χ1n) is 6.79. The molecule has 0 atom stereocenters. The van der Waals surface area contributed by atoms with Crippen LogP contribution in [-0.4, -0.2) is 52.1 Å². The molecule has 0 spiro atoms. The Morgan fingerprint density at radius 1 is 1.36 bits per heavy atom. The Bertz CT molecular complexity index is 690. The van der Waals surface area contributed by atoms with Crippen LogP contribution in [0.25, 0.3) is 6.08 Å². The van der Waals surface area contributed by atoms with Gasteiger partial charge in [-0.3, -0.25) is 14.5 Å². The minimum Gasteiger partial charge on any atom is -0.468 e. The van der Waals surface area contributed by atoms with E-state index in [1.54, 1.807) is 18.0 Å². The smallest absolute Gasteiger partial charge is 0.325 e. The number of amides is 1. The molecule has 6 nitrogen and oxygen atoms in total. The third-order valence-electron chi connectivity index (χ3n) is 3.96. The van der Waals surface area contributed by atoms with Crippen molar-refractivity contribution < 1.29 is 14.3 Å². The second kappa shape index (κ2) is 5.92. The van der Waals surface area contributed by atoms with Gasteiger partial charge in [0, 0.05) is 25.5 Å². The van der Waals surface area contributed by atoms with E-state index in [1.807, 2.05) is 27.0 Å². The van der Waals surface area contributed by atoms with Gasteiger partial charge in [0.25, 0.3) is 5.91 Å². The topological polar surface area (TPSA) is 54.8 Å². The molecule has 0 N–H and O–H groups in total. The monoisotopic (exact) mass is 321 g/mol. The van der Waals surface area contributed by atoms with Crippen molar-refractivity contribution in [3.05, 3.63) is 28.7 Å².